The topological polar surface area (TPSA) is 59.8 Å². The third kappa shape index (κ3) is 5.15. The molecule has 0 aliphatic rings. The summed E-state index contributed by atoms with van der Waals surface area (Å²) < 4.78 is 1.98. The first kappa shape index (κ1) is 21.6. The molecule has 1 amide bonds. The number of benzene rings is 3. The summed E-state index contributed by atoms with van der Waals surface area (Å²) in [6.45, 7) is 4.42. The first-order valence-corrected chi connectivity index (χ1v) is 11.4. The Bertz CT molecular complexity index is 1120. The number of hydrogen-bond donors (Lipinski definition) is 1. The molecule has 0 aliphatic carbocycles. The average Bonchev–Trinajstić information content (AvgIpc) is 3.25. The van der Waals surface area contributed by atoms with Gasteiger partial charge in [0.1, 0.15) is 0 Å². The van der Waals surface area contributed by atoms with Gasteiger partial charge < -0.3 is 5.32 Å². The molecule has 0 aliphatic heterocycles. The van der Waals surface area contributed by atoms with Gasteiger partial charge in [-0.2, -0.15) is 0 Å². The maximum atomic E-state index is 12.9. The lowest BCUT2D eigenvalue weighted by Gasteiger charge is -2.20. The Morgan fingerprint density at radius 3 is 2.03 bits per heavy atom. The Balaban J connectivity index is 1.49. The van der Waals surface area contributed by atoms with E-state index in [0.717, 1.165) is 22.5 Å². The fourth-order valence-corrected chi connectivity index (χ4v) is 4.23. The van der Waals surface area contributed by atoms with Crippen LogP contribution in [0.3, 0.4) is 0 Å². The van der Waals surface area contributed by atoms with Gasteiger partial charge in [-0.15, -0.1) is 16.8 Å². The van der Waals surface area contributed by atoms with Crippen LogP contribution in [0, 0.1) is 0 Å². The Morgan fingerprint density at radius 2 is 1.47 bits per heavy atom. The molecule has 32 heavy (non-hydrogen) atoms. The van der Waals surface area contributed by atoms with Crippen molar-refractivity contribution in [2.24, 2.45) is 0 Å². The van der Waals surface area contributed by atoms with E-state index in [1.54, 1.807) is 6.08 Å². The SMILES string of the molecule is C=CCn1c(SCC(=O)NC(c2ccccc2)c2ccccc2)nnc1-c1ccccc1. The van der Waals surface area contributed by atoms with Crippen LogP contribution in [-0.4, -0.2) is 26.4 Å². The summed E-state index contributed by atoms with van der Waals surface area (Å²) in [5.74, 6) is 0.933. The molecule has 0 atom stereocenters. The molecule has 1 N–H and O–H groups in total. The largest absolute Gasteiger partial charge is 0.344 e. The van der Waals surface area contributed by atoms with E-state index < -0.39 is 0 Å². The highest BCUT2D eigenvalue weighted by Crippen LogP contribution is 2.25. The van der Waals surface area contributed by atoms with Crippen molar-refractivity contribution in [1.82, 2.24) is 20.1 Å². The van der Waals surface area contributed by atoms with Gasteiger partial charge in [-0.1, -0.05) is 109 Å². The summed E-state index contributed by atoms with van der Waals surface area (Å²) >= 11 is 1.37. The van der Waals surface area contributed by atoms with Crippen molar-refractivity contribution in [3.63, 3.8) is 0 Å². The third-order valence-corrected chi connectivity index (χ3v) is 5.93. The van der Waals surface area contributed by atoms with Crippen LogP contribution in [-0.2, 0) is 11.3 Å². The fraction of sp³-hybridized carbons (Fsp3) is 0.115. The van der Waals surface area contributed by atoms with Crippen LogP contribution >= 0.6 is 11.8 Å². The van der Waals surface area contributed by atoms with E-state index in [2.05, 4.69) is 22.1 Å². The number of carbonyl (C=O) groups is 1. The van der Waals surface area contributed by atoms with Gasteiger partial charge in [0.15, 0.2) is 11.0 Å². The van der Waals surface area contributed by atoms with Gasteiger partial charge in [0, 0.05) is 12.1 Å². The lowest BCUT2D eigenvalue weighted by molar-refractivity contribution is -0.119. The van der Waals surface area contributed by atoms with Crippen LogP contribution in [0.1, 0.15) is 17.2 Å². The Labute approximate surface area is 192 Å². The molecular formula is C26H24N4OS. The maximum Gasteiger partial charge on any atom is 0.231 e. The van der Waals surface area contributed by atoms with Crippen molar-refractivity contribution < 1.29 is 4.79 Å². The van der Waals surface area contributed by atoms with Crippen LogP contribution in [0.2, 0.25) is 0 Å². The second-order valence-electron chi connectivity index (χ2n) is 7.18. The number of allylic oxidation sites excluding steroid dienone is 1. The van der Waals surface area contributed by atoms with Gasteiger partial charge in [0.05, 0.1) is 11.8 Å². The van der Waals surface area contributed by atoms with E-state index in [0.29, 0.717) is 11.7 Å². The standard InChI is InChI=1S/C26H24N4OS/c1-2-18-30-25(22-16-10-5-11-17-22)28-29-26(30)32-19-23(31)27-24(20-12-6-3-7-13-20)21-14-8-4-9-15-21/h2-17,24H,1,18-19H2,(H,27,31). The van der Waals surface area contributed by atoms with Crippen LogP contribution in [0.5, 0.6) is 0 Å². The molecule has 0 unspecified atom stereocenters. The number of nitrogens with zero attached hydrogens (tertiary/aromatic N) is 3. The quantitative estimate of drug-likeness (QED) is 0.290. The summed E-state index contributed by atoms with van der Waals surface area (Å²) in [5, 5.41) is 12.5. The van der Waals surface area contributed by atoms with E-state index in [-0.39, 0.29) is 17.7 Å². The highest BCUT2D eigenvalue weighted by Gasteiger charge is 2.19. The van der Waals surface area contributed by atoms with Crippen molar-refractivity contribution in [3.05, 3.63) is 115 Å². The van der Waals surface area contributed by atoms with Gasteiger partial charge in [0.25, 0.3) is 0 Å². The Kier molecular flexibility index (Phi) is 7.15. The van der Waals surface area contributed by atoms with E-state index in [1.165, 1.54) is 11.8 Å². The lowest BCUT2D eigenvalue weighted by atomic mass is 9.99. The number of nitrogens with one attached hydrogen (secondary N) is 1. The monoisotopic (exact) mass is 440 g/mol. The Hall–Kier alpha value is -3.64. The minimum atomic E-state index is -0.212. The zero-order chi connectivity index (χ0) is 22.2. The summed E-state index contributed by atoms with van der Waals surface area (Å²) in [6.07, 6.45) is 1.81. The van der Waals surface area contributed by atoms with Crippen LogP contribution in [0.25, 0.3) is 11.4 Å². The van der Waals surface area contributed by atoms with E-state index in [4.69, 9.17) is 0 Å². The second-order valence-corrected chi connectivity index (χ2v) is 8.12. The molecule has 160 valence electrons. The van der Waals surface area contributed by atoms with Crippen LogP contribution < -0.4 is 5.32 Å². The van der Waals surface area contributed by atoms with Crippen molar-refractivity contribution in [1.29, 1.82) is 0 Å². The number of rotatable bonds is 9. The predicted octanol–water partition coefficient (Wildman–Crippen LogP) is 5.13. The van der Waals surface area contributed by atoms with Gasteiger partial charge in [-0.25, -0.2) is 0 Å². The summed E-state index contributed by atoms with van der Waals surface area (Å²) in [4.78, 5) is 12.9. The van der Waals surface area contributed by atoms with E-state index in [9.17, 15) is 4.79 Å². The number of carbonyl (C=O) groups excluding carboxylic acids is 1. The van der Waals surface area contributed by atoms with Gasteiger partial charge in [-0.05, 0) is 11.1 Å². The molecule has 4 rings (SSSR count). The summed E-state index contributed by atoms with van der Waals surface area (Å²) in [5.41, 5.74) is 3.06. The first-order chi connectivity index (χ1) is 15.8. The van der Waals surface area contributed by atoms with Crippen molar-refractivity contribution in [3.8, 4) is 11.4 Å². The van der Waals surface area contributed by atoms with Crippen molar-refractivity contribution in [2.45, 2.75) is 17.7 Å². The summed E-state index contributed by atoms with van der Waals surface area (Å²) in [7, 11) is 0. The molecule has 0 radical (unpaired) electrons. The molecule has 1 heterocycles. The zero-order valence-corrected chi connectivity index (χ0v) is 18.4. The fourth-order valence-electron chi connectivity index (χ4n) is 3.47. The van der Waals surface area contributed by atoms with Gasteiger partial charge in [0.2, 0.25) is 5.91 Å². The molecule has 0 saturated carbocycles. The van der Waals surface area contributed by atoms with Gasteiger partial charge in [-0.3, -0.25) is 9.36 Å². The first-order valence-electron chi connectivity index (χ1n) is 10.4. The number of aromatic nitrogens is 3. The maximum absolute atomic E-state index is 12.9. The minimum absolute atomic E-state index is 0.0675. The molecular weight excluding hydrogens is 416 g/mol. The Morgan fingerprint density at radius 1 is 0.906 bits per heavy atom. The number of thioether (sulfide) groups is 1. The van der Waals surface area contributed by atoms with Crippen LogP contribution in [0.4, 0.5) is 0 Å². The predicted molar refractivity (Wildman–Crippen MR) is 129 cm³/mol. The average molecular weight is 441 g/mol. The molecule has 0 fully saturated rings. The molecule has 4 aromatic rings. The summed E-state index contributed by atoms with van der Waals surface area (Å²) in [6, 6.07) is 29.7. The zero-order valence-electron chi connectivity index (χ0n) is 17.6. The minimum Gasteiger partial charge on any atom is -0.344 e. The lowest BCUT2D eigenvalue weighted by Crippen LogP contribution is -2.30. The molecule has 1 aromatic heterocycles. The van der Waals surface area contributed by atoms with E-state index in [1.807, 2.05) is 95.6 Å². The molecule has 5 nitrogen and oxygen atoms in total. The molecule has 6 heteroatoms. The molecule has 3 aromatic carbocycles. The number of amides is 1. The van der Waals surface area contributed by atoms with E-state index >= 15 is 0 Å². The smallest absolute Gasteiger partial charge is 0.231 e. The van der Waals surface area contributed by atoms with Crippen molar-refractivity contribution >= 4 is 17.7 Å². The second kappa shape index (κ2) is 10.6. The van der Waals surface area contributed by atoms with Crippen LogP contribution in [0.15, 0.2) is 109 Å². The highest BCUT2D eigenvalue weighted by molar-refractivity contribution is 7.99. The van der Waals surface area contributed by atoms with Crippen molar-refractivity contribution in [2.75, 3.05) is 5.75 Å². The third-order valence-electron chi connectivity index (χ3n) is 4.96. The number of hydrogen-bond acceptors (Lipinski definition) is 4. The molecule has 0 bridgehead atoms. The molecule has 0 spiro atoms. The highest BCUT2D eigenvalue weighted by atomic mass is 32.2. The normalized spacial score (nSPS) is 10.8. The van der Waals surface area contributed by atoms with Gasteiger partial charge >= 0.3 is 0 Å². The molecule has 0 saturated heterocycles.